The highest BCUT2D eigenvalue weighted by molar-refractivity contribution is 4.70. The summed E-state index contributed by atoms with van der Waals surface area (Å²) in [4.78, 5) is 0. The van der Waals surface area contributed by atoms with Gasteiger partial charge in [-0.2, -0.15) is 0 Å². The summed E-state index contributed by atoms with van der Waals surface area (Å²) in [5, 5.41) is 0. The fourth-order valence-electron chi connectivity index (χ4n) is 5.25. The third-order valence-electron chi connectivity index (χ3n) is 8.00. The van der Waals surface area contributed by atoms with Crippen LogP contribution in [0, 0.1) is 5.92 Å². The number of unbranched alkanes of at least 4 members (excludes halogenated alkanes) is 20. The smallest absolute Gasteiger partial charge is 0.285 e. The largest absolute Gasteiger partial charge is 0.327 e. The number of hydrogen-bond acceptors (Lipinski definition) is 3. The molecule has 0 aliphatic heterocycles. The van der Waals surface area contributed by atoms with E-state index in [4.69, 9.17) is 14.2 Å². The summed E-state index contributed by atoms with van der Waals surface area (Å²) in [7, 11) is 0. The van der Waals surface area contributed by atoms with E-state index in [1.165, 1.54) is 135 Å². The molecule has 0 fully saturated rings. The molecule has 0 amide bonds. The molecule has 38 heavy (non-hydrogen) atoms. The summed E-state index contributed by atoms with van der Waals surface area (Å²) in [5.74, 6) is -0.603. The van der Waals surface area contributed by atoms with E-state index in [0.29, 0.717) is 0 Å². The van der Waals surface area contributed by atoms with Gasteiger partial charge in [-0.1, -0.05) is 169 Å². The van der Waals surface area contributed by atoms with Gasteiger partial charge in [0.2, 0.25) is 0 Å². The molecule has 3 heteroatoms. The topological polar surface area (TPSA) is 27.7 Å². The summed E-state index contributed by atoms with van der Waals surface area (Å²) in [5.41, 5.74) is 0. The zero-order valence-electron chi connectivity index (χ0n) is 27.1. The lowest BCUT2D eigenvalue weighted by Crippen LogP contribution is -2.46. The van der Waals surface area contributed by atoms with Crippen molar-refractivity contribution in [1.82, 2.24) is 0 Å². The minimum Gasteiger partial charge on any atom is -0.327 e. The molecule has 0 aromatic rings. The average molecular weight is 541 g/mol. The van der Waals surface area contributed by atoms with Crippen LogP contribution in [0.3, 0.4) is 0 Å². The highest BCUT2D eigenvalue weighted by atomic mass is 16.9. The van der Waals surface area contributed by atoms with Crippen LogP contribution in [0.4, 0.5) is 0 Å². The molecule has 0 aromatic heterocycles. The first kappa shape index (κ1) is 37.9. The van der Waals surface area contributed by atoms with Gasteiger partial charge in [0.05, 0.1) is 19.8 Å². The molecule has 0 saturated heterocycles. The molecule has 3 nitrogen and oxygen atoms in total. The van der Waals surface area contributed by atoms with Gasteiger partial charge in [-0.05, 0) is 25.7 Å². The SMILES string of the molecule is CCCCCCCCOC(OCCCCCCCC)(OCCCCCCCC)C(C)CCCCCCCC. The third kappa shape index (κ3) is 22.7. The Bertz CT molecular complexity index is 393. The maximum Gasteiger partial charge on any atom is 0.285 e. The molecule has 0 radical (unpaired) electrons. The Morgan fingerprint density at radius 3 is 0.947 bits per heavy atom. The van der Waals surface area contributed by atoms with Crippen LogP contribution >= 0.6 is 0 Å². The van der Waals surface area contributed by atoms with Gasteiger partial charge in [-0.3, -0.25) is 0 Å². The van der Waals surface area contributed by atoms with Crippen LogP contribution in [0.15, 0.2) is 0 Å². The molecule has 0 bridgehead atoms. The number of ether oxygens (including phenoxy) is 3. The molecular formula is C35H72O3. The molecule has 0 aromatic carbocycles. The van der Waals surface area contributed by atoms with Gasteiger partial charge in [0.25, 0.3) is 5.97 Å². The van der Waals surface area contributed by atoms with Crippen molar-refractivity contribution < 1.29 is 14.2 Å². The van der Waals surface area contributed by atoms with Crippen molar-refractivity contribution in [2.45, 2.75) is 201 Å². The summed E-state index contributed by atoms with van der Waals surface area (Å²) in [6, 6.07) is 0. The first-order valence-electron chi connectivity index (χ1n) is 17.6. The Kier molecular flexibility index (Phi) is 29.8. The van der Waals surface area contributed by atoms with Gasteiger partial charge in [0.15, 0.2) is 0 Å². The van der Waals surface area contributed by atoms with Crippen LogP contribution in [0.25, 0.3) is 0 Å². The maximum atomic E-state index is 6.64. The van der Waals surface area contributed by atoms with Crippen LogP contribution in [-0.4, -0.2) is 25.8 Å². The Morgan fingerprint density at radius 1 is 0.368 bits per heavy atom. The van der Waals surface area contributed by atoms with E-state index >= 15 is 0 Å². The van der Waals surface area contributed by atoms with Crippen LogP contribution < -0.4 is 0 Å². The standard InChI is InChI=1S/C35H72O3/c1-6-10-14-18-22-26-30-34(5)35(36-31-27-23-19-15-11-7-2,37-32-28-24-20-16-12-8-3)38-33-29-25-21-17-13-9-4/h34H,6-33H2,1-5H3. The van der Waals surface area contributed by atoms with Gasteiger partial charge in [-0.25, -0.2) is 0 Å². The van der Waals surface area contributed by atoms with Crippen molar-refractivity contribution in [2.24, 2.45) is 5.92 Å². The highest BCUT2D eigenvalue weighted by Crippen LogP contribution is 2.32. The van der Waals surface area contributed by atoms with Gasteiger partial charge < -0.3 is 14.2 Å². The number of hydrogen-bond donors (Lipinski definition) is 0. The second-order valence-corrected chi connectivity index (χ2v) is 11.9. The second-order valence-electron chi connectivity index (χ2n) is 11.9. The van der Waals surface area contributed by atoms with Crippen LogP contribution in [0.5, 0.6) is 0 Å². The van der Waals surface area contributed by atoms with E-state index in [0.717, 1.165) is 45.5 Å². The summed E-state index contributed by atoms with van der Waals surface area (Å²) < 4.78 is 19.9. The van der Waals surface area contributed by atoms with Gasteiger partial charge >= 0.3 is 0 Å². The Balaban J connectivity index is 4.99. The minimum absolute atomic E-state index is 0.258. The van der Waals surface area contributed by atoms with E-state index < -0.39 is 5.97 Å². The molecule has 0 heterocycles. The molecular weight excluding hydrogens is 468 g/mol. The van der Waals surface area contributed by atoms with E-state index in [9.17, 15) is 0 Å². The third-order valence-corrected chi connectivity index (χ3v) is 8.00. The molecule has 0 aliphatic rings. The lowest BCUT2D eigenvalue weighted by atomic mass is 9.99. The minimum atomic E-state index is -0.861. The van der Waals surface area contributed by atoms with Gasteiger partial charge in [-0.15, -0.1) is 0 Å². The van der Waals surface area contributed by atoms with Crippen molar-refractivity contribution in [3.63, 3.8) is 0 Å². The molecule has 0 rings (SSSR count). The molecule has 0 N–H and O–H groups in total. The Hall–Kier alpha value is -0.120. The van der Waals surface area contributed by atoms with Crippen molar-refractivity contribution in [2.75, 3.05) is 19.8 Å². The Morgan fingerprint density at radius 2 is 0.632 bits per heavy atom. The summed E-state index contributed by atoms with van der Waals surface area (Å²) in [6.45, 7) is 13.7. The Labute approximate surface area is 240 Å². The van der Waals surface area contributed by atoms with Crippen molar-refractivity contribution in [3.8, 4) is 0 Å². The van der Waals surface area contributed by atoms with Gasteiger partial charge in [0.1, 0.15) is 0 Å². The van der Waals surface area contributed by atoms with Crippen molar-refractivity contribution in [1.29, 1.82) is 0 Å². The normalized spacial score (nSPS) is 12.9. The molecule has 1 atom stereocenters. The predicted molar refractivity (Wildman–Crippen MR) is 168 cm³/mol. The van der Waals surface area contributed by atoms with Crippen LogP contribution in [0.1, 0.15) is 195 Å². The maximum absolute atomic E-state index is 6.64. The predicted octanol–water partition coefficient (Wildman–Crippen LogP) is 12.2. The van der Waals surface area contributed by atoms with Crippen molar-refractivity contribution in [3.05, 3.63) is 0 Å². The zero-order chi connectivity index (χ0) is 28.0. The van der Waals surface area contributed by atoms with E-state index in [2.05, 4.69) is 34.6 Å². The zero-order valence-corrected chi connectivity index (χ0v) is 27.1. The first-order chi connectivity index (χ1) is 18.7. The lowest BCUT2D eigenvalue weighted by Gasteiger charge is -2.38. The van der Waals surface area contributed by atoms with E-state index in [1.54, 1.807) is 0 Å². The quantitative estimate of drug-likeness (QED) is 0.0627. The summed E-state index contributed by atoms with van der Waals surface area (Å²) >= 11 is 0. The highest BCUT2D eigenvalue weighted by Gasteiger charge is 2.39. The molecule has 0 spiro atoms. The fraction of sp³-hybridized carbons (Fsp3) is 1.00. The molecule has 0 saturated carbocycles. The molecule has 1 unspecified atom stereocenters. The number of rotatable bonds is 32. The monoisotopic (exact) mass is 541 g/mol. The summed E-state index contributed by atoms with van der Waals surface area (Å²) in [6.07, 6.45) is 32.1. The van der Waals surface area contributed by atoms with Crippen LogP contribution in [-0.2, 0) is 14.2 Å². The van der Waals surface area contributed by atoms with Crippen LogP contribution in [0.2, 0.25) is 0 Å². The molecule has 230 valence electrons. The van der Waals surface area contributed by atoms with E-state index in [1.807, 2.05) is 0 Å². The lowest BCUT2D eigenvalue weighted by molar-refractivity contribution is -0.404. The van der Waals surface area contributed by atoms with Crippen molar-refractivity contribution >= 4 is 0 Å². The second kappa shape index (κ2) is 29.9. The average Bonchev–Trinajstić information content (AvgIpc) is 2.92. The molecule has 0 aliphatic carbocycles. The van der Waals surface area contributed by atoms with E-state index in [-0.39, 0.29) is 5.92 Å². The fourth-order valence-corrected chi connectivity index (χ4v) is 5.25. The first-order valence-corrected chi connectivity index (χ1v) is 17.6. The van der Waals surface area contributed by atoms with Gasteiger partial charge in [0, 0.05) is 5.92 Å².